The van der Waals surface area contributed by atoms with Gasteiger partial charge in [-0.2, -0.15) is 0 Å². The second kappa shape index (κ2) is 14.4. The molecule has 12 heteroatoms. The molecular formula is C29H49N3O7P2. The zero-order valence-corrected chi connectivity index (χ0v) is 27.6. The molecule has 4 rings (SSSR count). The number of ketones is 3. The summed E-state index contributed by atoms with van der Waals surface area (Å²) in [6, 6.07) is -0.604. The molecule has 41 heavy (non-hydrogen) atoms. The first-order chi connectivity index (χ1) is 19.1. The van der Waals surface area contributed by atoms with Gasteiger partial charge in [0.05, 0.1) is 23.8 Å². The molecule has 3 N–H and O–H groups in total. The molecular weight excluding hydrogens is 564 g/mol. The Bertz CT molecular complexity index is 1030. The molecule has 0 aromatic carbocycles. The molecule has 232 valence electrons. The number of carbonyl (C=O) groups is 4. The summed E-state index contributed by atoms with van der Waals surface area (Å²) in [5, 5.41) is 8.86. The minimum Gasteiger partial charge on any atom is -0.480 e. The lowest BCUT2D eigenvalue weighted by atomic mass is 9.86. The summed E-state index contributed by atoms with van der Waals surface area (Å²) in [7, 11) is 8.34. The van der Waals surface area contributed by atoms with Gasteiger partial charge < -0.3 is 20.3 Å². The highest BCUT2D eigenvalue weighted by molar-refractivity contribution is 7.13. The maximum Gasteiger partial charge on any atom is 0.321 e. The van der Waals surface area contributed by atoms with Crippen LogP contribution in [0.25, 0.3) is 0 Å². The average molecular weight is 614 g/mol. The van der Waals surface area contributed by atoms with Crippen molar-refractivity contribution in [3.05, 3.63) is 25.3 Å². The summed E-state index contributed by atoms with van der Waals surface area (Å²) in [6.07, 6.45) is 5.54. The molecule has 2 aliphatic heterocycles. The second-order valence-electron chi connectivity index (χ2n) is 11.9. The quantitative estimate of drug-likeness (QED) is 0.279. The Hall–Kier alpha value is -1.38. The van der Waals surface area contributed by atoms with Crippen LogP contribution in [0.4, 0.5) is 0 Å². The zero-order valence-electron chi connectivity index (χ0n) is 25.2. The number of rotatable bonds is 10. The van der Waals surface area contributed by atoms with Gasteiger partial charge in [-0.15, -0.1) is 13.2 Å². The van der Waals surface area contributed by atoms with Crippen LogP contribution >= 0.6 is 18.8 Å². The molecule has 4 aliphatic rings. The molecule has 12 atom stereocenters. The lowest BCUT2D eigenvalue weighted by molar-refractivity contribution is -0.142. The monoisotopic (exact) mass is 613 g/mol. The number of methoxy groups -OCH3 is 2. The number of allylic oxidation sites excluding steroid dienone is 1. The molecule has 2 saturated heterocycles. The van der Waals surface area contributed by atoms with Crippen LogP contribution in [0.3, 0.4) is 0 Å². The zero-order chi connectivity index (χ0) is 31.4. The van der Waals surface area contributed by atoms with E-state index in [1.54, 1.807) is 31.9 Å². The van der Waals surface area contributed by atoms with E-state index in [-0.39, 0.29) is 59.3 Å². The summed E-state index contributed by atoms with van der Waals surface area (Å²) in [6.45, 7) is 15.8. The SMILES string of the molecule is C=C[C@@H]1C[C@]1(CC(=O)[C@@H]1C(C)[C@@H](OC)CN1P)C(C)=O.C=C[C@@H]1C[C@]1(N)C(C)=O.CO[C@H]1CN(P)[C@H](C(=O)O)C1C. The Balaban J connectivity index is 0.000000237. The Morgan fingerprint density at radius 3 is 1.63 bits per heavy atom. The third-order valence-electron chi connectivity index (χ3n) is 9.46. The number of Topliss-reactive ketones (excluding diaryl/α,β-unsaturated/α-hetero) is 3. The van der Waals surface area contributed by atoms with Crippen molar-refractivity contribution in [1.29, 1.82) is 0 Å². The minimum atomic E-state index is -0.781. The van der Waals surface area contributed by atoms with E-state index in [2.05, 4.69) is 31.9 Å². The van der Waals surface area contributed by atoms with Crippen LogP contribution in [-0.4, -0.2) is 94.9 Å². The number of aliphatic carboxylic acids is 1. The van der Waals surface area contributed by atoms with Gasteiger partial charge >= 0.3 is 5.97 Å². The fourth-order valence-electron chi connectivity index (χ4n) is 6.20. The largest absolute Gasteiger partial charge is 0.480 e. The van der Waals surface area contributed by atoms with E-state index < -0.39 is 23.0 Å². The van der Waals surface area contributed by atoms with Crippen LogP contribution < -0.4 is 5.73 Å². The number of carboxylic acid groups (broad SMARTS) is 1. The lowest BCUT2D eigenvalue weighted by Crippen LogP contribution is -2.36. The van der Waals surface area contributed by atoms with Crippen LogP contribution in [0, 0.1) is 29.1 Å². The van der Waals surface area contributed by atoms with Gasteiger partial charge in [0, 0.05) is 56.9 Å². The Morgan fingerprint density at radius 2 is 1.37 bits per heavy atom. The van der Waals surface area contributed by atoms with Crippen molar-refractivity contribution < 1.29 is 33.8 Å². The number of nitrogens with two attached hydrogens (primary N) is 1. The van der Waals surface area contributed by atoms with Gasteiger partial charge in [0.25, 0.3) is 0 Å². The third-order valence-corrected chi connectivity index (χ3v) is 10.5. The van der Waals surface area contributed by atoms with Gasteiger partial charge in [-0.05, 0) is 32.6 Å². The molecule has 10 nitrogen and oxygen atoms in total. The van der Waals surface area contributed by atoms with Crippen LogP contribution in [-0.2, 0) is 28.7 Å². The molecule has 0 amide bonds. The maximum absolute atomic E-state index is 12.7. The minimum absolute atomic E-state index is 0.0311. The highest BCUT2D eigenvalue weighted by atomic mass is 31.0. The van der Waals surface area contributed by atoms with E-state index in [9.17, 15) is 19.2 Å². The lowest BCUT2D eigenvalue weighted by Gasteiger charge is -2.23. The first kappa shape index (κ1) is 35.8. The van der Waals surface area contributed by atoms with Gasteiger partial charge in [-0.1, -0.05) is 44.8 Å². The summed E-state index contributed by atoms with van der Waals surface area (Å²) < 4.78 is 14.3. The molecule has 2 saturated carbocycles. The van der Waals surface area contributed by atoms with E-state index in [0.29, 0.717) is 13.0 Å². The Kier molecular flexibility index (Phi) is 12.6. The van der Waals surface area contributed by atoms with Crippen molar-refractivity contribution in [2.75, 3.05) is 27.3 Å². The van der Waals surface area contributed by atoms with E-state index in [4.69, 9.17) is 20.3 Å². The van der Waals surface area contributed by atoms with Gasteiger partial charge in [-0.3, -0.25) is 28.5 Å². The highest BCUT2D eigenvalue weighted by Gasteiger charge is 2.58. The van der Waals surface area contributed by atoms with Gasteiger partial charge in [0.1, 0.15) is 17.6 Å². The highest BCUT2D eigenvalue weighted by Crippen LogP contribution is 2.57. The normalized spacial score (nSPS) is 39.4. The fraction of sp³-hybridized carbons (Fsp3) is 0.724. The molecule has 0 aromatic heterocycles. The van der Waals surface area contributed by atoms with Crippen molar-refractivity contribution >= 4 is 42.1 Å². The van der Waals surface area contributed by atoms with Crippen molar-refractivity contribution in [1.82, 2.24) is 9.34 Å². The summed E-state index contributed by atoms with van der Waals surface area (Å²) in [4.78, 5) is 46.0. The molecule has 0 aromatic rings. The smallest absolute Gasteiger partial charge is 0.321 e. The van der Waals surface area contributed by atoms with E-state index in [1.165, 1.54) is 6.92 Å². The fourth-order valence-corrected chi connectivity index (χ4v) is 7.46. The molecule has 0 spiro atoms. The third kappa shape index (κ3) is 7.77. The molecule has 2 aliphatic carbocycles. The van der Waals surface area contributed by atoms with E-state index >= 15 is 0 Å². The first-order valence-electron chi connectivity index (χ1n) is 14.0. The second-order valence-corrected chi connectivity index (χ2v) is 13.3. The van der Waals surface area contributed by atoms with Crippen molar-refractivity contribution in [3.8, 4) is 0 Å². The van der Waals surface area contributed by atoms with Crippen LogP contribution in [0.15, 0.2) is 25.3 Å². The number of carbonyl (C=O) groups excluding carboxylic acids is 3. The van der Waals surface area contributed by atoms with Crippen molar-refractivity contribution in [2.24, 2.45) is 34.8 Å². The number of ether oxygens (including phenoxy) is 2. The predicted octanol–water partition coefficient (Wildman–Crippen LogP) is 2.53. The summed E-state index contributed by atoms with van der Waals surface area (Å²) in [5.41, 5.74) is 4.61. The topological polar surface area (TPSA) is 139 Å². The maximum atomic E-state index is 12.7. The van der Waals surface area contributed by atoms with E-state index in [0.717, 1.165) is 19.4 Å². The van der Waals surface area contributed by atoms with Crippen molar-refractivity contribution in [3.63, 3.8) is 0 Å². The van der Waals surface area contributed by atoms with Gasteiger partial charge in [0.2, 0.25) is 0 Å². The standard InChI is InChI=1S/C15H24NO3P.C7H14NO3P.C7H11NO/c1-5-11-6-15(11,10(3)17)7-12(18)14-9(2)13(19-4)8-16(14)20;1-4-5(11-2)3-8(12)6(4)7(9)10;1-3-6-4-7(6,8)5(2)9/h5,9,11,13-14H,1,6-8,20H2,2-4H3;4-6H,3,12H2,1-2H3,(H,9,10);3,6H,1,4,8H2,2H3/t9?,11-,13+,14+,15+;4?,5-,6-;6-,7+/m101/s1. The molecule has 4 fully saturated rings. The number of carboxylic acids is 1. The molecule has 0 radical (unpaired) electrons. The predicted molar refractivity (Wildman–Crippen MR) is 165 cm³/mol. The number of nitrogens with zero attached hydrogens (tertiary/aromatic N) is 2. The van der Waals surface area contributed by atoms with Crippen molar-refractivity contribution in [2.45, 2.75) is 76.8 Å². The summed E-state index contributed by atoms with van der Waals surface area (Å²) >= 11 is 0. The van der Waals surface area contributed by atoms with E-state index in [1.807, 2.05) is 24.6 Å². The van der Waals surface area contributed by atoms with Crippen LogP contribution in [0.5, 0.6) is 0 Å². The molecule has 2 heterocycles. The van der Waals surface area contributed by atoms with Gasteiger partial charge in [0.15, 0.2) is 5.78 Å². The Morgan fingerprint density at radius 1 is 0.902 bits per heavy atom. The number of hydrogen-bond acceptors (Lipinski definition) is 9. The van der Waals surface area contributed by atoms with Crippen LogP contribution in [0.1, 0.15) is 47.0 Å². The molecule has 0 bridgehead atoms. The van der Waals surface area contributed by atoms with Gasteiger partial charge in [-0.25, -0.2) is 0 Å². The summed E-state index contributed by atoms with van der Waals surface area (Å²) in [5.74, 6) is 0.142. The number of hydrogen-bond donors (Lipinski definition) is 2. The first-order valence-corrected chi connectivity index (χ1v) is 15.0. The Labute approximate surface area is 249 Å². The average Bonchev–Trinajstić information content (AvgIpc) is 3.74. The van der Waals surface area contributed by atoms with Crippen LogP contribution in [0.2, 0.25) is 0 Å². The molecule has 4 unspecified atom stereocenters.